The van der Waals surface area contributed by atoms with Crippen molar-refractivity contribution in [3.8, 4) is 5.75 Å². The van der Waals surface area contributed by atoms with Crippen molar-refractivity contribution >= 4 is 24.0 Å². The average Bonchev–Trinajstić information content (AvgIpc) is 3.37. The van der Waals surface area contributed by atoms with Crippen molar-refractivity contribution in [2.45, 2.75) is 58.3 Å². The molecule has 11 nitrogen and oxygen atoms in total. The fourth-order valence-corrected chi connectivity index (χ4v) is 6.37. The number of alkyl carbamates (subject to hydrolysis) is 2. The van der Waals surface area contributed by atoms with Crippen LogP contribution >= 0.6 is 0 Å². The van der Waals surface area contributed by atoms with E-state index in [9.17, 15) is 19.2 Å². The first-order valence-electron chi connectivity index (χ1n) is 17.8. The maximum absolute atomic E-state index is 13.9. The number of benzene rings is 4. The zero-order chi connectivity index (χ0) is 39.1. The molecule has 4 amide bonds. The number of methoxy groups -OCH3 is 1. The molecule has 4 aromatic rings. The lowest BCUT2D eigenvalue weighted by Gasteiger charge is -2.42. The Labute approximate surface area is 316 Å². The van der Waals surface area contributed by atoms with Crippen molar-refractivity contribution in [3.05, 3.63) is 137 Å². The number of carbonyl (C=O) groups is 4. The van der Waals surface area contributed by atoms with Crippen LogP contribution in [0.5, 0.6) is 5.75 Å². The molecule has 0 unspecified atom stereocenters. The molecule has 4 aromatic carbocycles. The van der Waals surface area contributed by atoms with Gasteiger partial charge in [-0.2, -0.15) is 0 Å². The molecule has 1 aliphatic heterocycles. The second kappa shape index (κ2) is 16.1. The van der Waals surface area contributed by atoms with Gasteiger partial charge in [0.25, 0.3) is 11.8 Å². The number of hydrogen-bond donors (Lipinski definition) is 2. The minimum Gasteiger partial charge on any atom is -0.497 e. The zero-order valence-corrected chi connectivity index (χ0v) is 31.9. The molecule has 0 fully saturated rings. The van der Waals surface area contributed by atoms with Crippen LogP contribution in [0.25, 0.3) is 0 Å². The van der Waals surface area contributed by atoms with Gasteiger partial charge in [0.15, 0.2) is 0 Å². The van der Waals surface area contributed by atoms with E-state index in [-0.39, 0.29) is 37.4 Å². The first-order chi connectivity index (χ1) is 25.6. The molecular formula is C43H49N3O8. The number of carbonyl (C=O) groups excluding carboxylic acids is 4. The van der Waals surface area contributed by atoms with E-state index in [1.807, 2.05) is 84.9 Å². The standard InChI is InChI=1S/C43H49N3O8/c1-40(2,3)53-38(49)44-26-42(27-45-39(50)54-41(4,5)6,28-46-36(47)34-20-14-15-21-35(34)37(46)48)29-52-43(30-16-10-8-11-17-30,31-18-12-9-13-19-31)32-22-24-33(51-7)25-23-32/h8-25H,26-29H2,1-7H3,(H,44,49)(H,45,50). The molecular weight excluding hydrogens is 686 g/mol. The predicted octanol–water partition coefficient (Wildman–Crippen LogP) is 7.34. The molecule has 0 aliphatic carbocycles. The summed E-state index contributed by atoms with van der Waals surface area (Å²) in [4.78, 5) is 55.4. The molecule has 2 N–H and O–H groups in total. The van der Waals surface area contributed by atoms with Crippen LogP contribution in [0.1, 0.15) is 78.9 Å². The third-order valence-electron chi connectivity index (χ3n) is 8.84. The summed E-state index contributed by atoms with van der Waals surface area (Å²) in [6, 6.07) is 33.5. The van der Waals surface area contributed by atoms with Gasteiger partial charge in [-0.1, -0.05) is 84.9 Å². The maximum atomic E-state index is 13.9. The monoisotopic (exact) mass is 735 g/mol. The molecule has 0 saturated carbocycles. The van der Waals surface area contributed by atoms with Gasteiger partial charge in [0.05, 0.1) is 24.8 Å². The second-order valence-electron chi connectivity index (χ2n) is 15.4. The summed E-state index contributed by atoms with van der Waals surface area (Å²) >= 11 is 0. The highest BCUT2D eigenvalue weighted by atomic mass is 16.6. The first-order valence-corrected chi connectivity index (χ1v) is 17.8. The van der Waals surface area contributed by atoms with Crippen LogP contribution in [-0.2, 0) is 19.8 Å². The summed E-state index contributed by atoms with van der Waals surface area (Å²) in [5.41, 5.74) is -1.38. The Hall–Kier alpha value is -5.68. The van der Waals surface area contributed by atoms with Crippen LogP contribution in [-0.4, -0.2) is 73.5 Å². The fraction of sp³-hybridized carbons (Fsp3) is 0.349. The third kappa shape index (κ3) is 9.27. The van der Waals surface area contributed by atoms with Crippen LogP contribution in [0.2, 0.25) is 0 Å². The Morgan fingerprint density at radius 3 is 1.41 bits per heavy atom. The molecule has 284 valence electrons. The summed E-state index contributed by atoms with van der Waals surface area (Å²) in [6.07, 6.45) is -1.45. The van der Waals surface area contributed by atoms with Gasteiger partial charge >= 0.3 is 12.2 Å². The minimum atomic E-state index is -1.34. The molecule has 0 radical (unpaired) electrons. The van der Waals surface area contributed by atoms with E-state index >= 15 is 0 Å². The van der Waals surface area contributed by atoms with Crippen molar-refractivity contribution in [2.24, 2.45) is 5.41 Å². The van der Waals surface area contributed by atoms with Crippen LogP contribution in [0.3, 0.4) is 0 Å². The normalized spacial score (nSPS) is 13.3. The molecule has 54 heavy (non-hydrogen) atoms. The minimum absolute atomic E-state index is 0.173. The van der Waals surface area contributed by atoms with E-state index < -0.39 is 46.2 Å². The van der Waals surface area contributed by atoms with Gasteiger partial charge < -0.3 is 29.6 Å². The Bertz CT molecular complexity index is 1830. The maximum Gasteiger partial charge on any atom is 0.407 e. The van der Waals surface area contributed by atoms with E-state index in [1.54, 1.807) is 72.9 Å². The van der Waals surface area contributed by atoms with Gasteiger partial charge in [0.2, 0.25) is 0 Å². The Morgan fingerprint density at radius 2 is 1.00 bits per heavy atom. The molecule has 0 aromatic heterocycles. The SMILES string of the molecule is COc1ccc(C(OCC(CNC(=O)OC(C)(C)C)(CNC(=O)OC(C)(C)C)CN2C(=O)c3ccccc3C2=O)(c2ccccc2)c2ccccc2)cc1. The summed E-state index contributed by atoms with van der Waals surface area (Å²) in [5.74, 6) is -0.346. The molecule has 0 spiro atoms. The summed E-state index contributed by atoms with van der Waals surface area (Å²) in [5, 5.41) is 5.70. The molecule has 5 rings (SSSR count). The van der Waals surface area contributed by atoms with Gasteiger partial charge in [-0.05, 0) is 82.5 Å². The third-order valence-corrected chi connectivity index (χ3v) is 8.84. The van der Waals surface area contributed by atoms with Crippen molar-refractivity contribution in [1.82, 2.24) is 15.5 Å². The lowest BCUT2D eigenvalue weighted by atomic mass is 9.79. The quantitative estimate of drug-likeness (QED) is 0.108. The van der Waals surface area contributed by atoms with E-state index in [0.717, 1.165) is 21.6 Å². The Morgan fingerprint density at radius 1 is 0.593 bits per heavy atom. The van der Waals surface area contributed by atoms with Crippen LogP contribution in [0, 0.1) is 5.41 Å². The summed E-state index contributed by atoms with van der Waals surface area (Å²) in [7, 11) is 1.59. The smallest absolute Gasteiger partial charge is 0.407 e. The zero-order valence-electron chi connectivity index (χ0n) is 31.9. The van der Waals surface area contributed by atoms with E-state index in [4.69, 9.17) is 18.9 Å². The Balaban J connectivity index is 1.66. The lowest BCUT2D eigenvalue weighted by molar-refractivity contribution is -0.0473. The van der Waals surface area contributed by atoms with Crippen molar-refractivity contribution in [3.63, 3.8) is 0 Å². The number of nitrogens with zero attached hydrogens (tertiary/aromatic N) is 1. The van der Waals surface area contributed by atoms with Gasteiger partial charge in [0.1, 0.15) is 22.6 Å². The van der Waals surface area contributed by atoms with Gasteiger partial charge in [-0.25, -0.2) is 9.59 Å². The summed E-state index contributed by atoms with van der Waals surface area (Å²) in [6.45, 7) is 9.69. The predicted molar refractivity (Wildman–Crippen MR) is 204 cm³/mol. The van der Waals surface area contributed by atoms with Gasteiger partial charge in [0, 0.05) is 25.0 Å². The van der Waals surface area contributed by atoms with E-state index in [0.29, 0.717) is 5.75 Å². The molecule has 0 atom stereocenters. The fourth-order valence-electron chi connectivity index (χ4n) is 6.37. The number of imide groups is 1. The number of amides is 4. The van der Waals surface area contributed by atoms with E-state index in [1.165, 1.54) is 0 Å². The highest BCUT2D eigenvalue weighted by molar-refractivity contribution is 6.21. The number of fused-ring (bicyclic) bond motifs is 1. The molecule has 1 aliphatic rings. The number of hydrogen-bond acceptors (Lipinski definition) is 8. The van der Waals surface area contributed by atoms with Crippen LogP contribution < -0.4 is 15.4 Å². The van der Waals surface area contributed by atoms with Gasteiger partial charge in [-0.3, -0.25) is 14.5 Å². The largest absolute Gasteiger partial charge is 0.497 e. The van der Waals surface area contributed by atoms with Crippen molar-refractivity contribution in [1.29, 1.82) is 0 Å². The molecule has 0 saturated heterocycles. The topological polar surface area (TPSA) is 132 Å². The number of rotatable bonds is 13. The Kier molecular flexibility index (Phi) is 11.8. The summed E-state index contributed by atoms with van der Waals surface area (Å²) < 4.78 is 24.0. The first kappa shape index (κ1) is 39.5. The second-order valence-corrected chi connectivity index (χ2v) is 15.4. The highest BCUT2D eigenvalue weighted by Crippen LogP contribution is 2.42. The molecule has 11 heteroatoms. The number of nitrogens with one attached hydrogen (secondary N) is 2. The van der Waals surface area contributed by atoms with Crippen LogP contribution in [0.4, 0.5) is 9.59 Å². The number of ether oxygens (including phenoxy) is 4. The molecule has 0 bridgehead atoms. The van der Waals surface area contributed by atoms with Crippen molar-refractivity contribution in [2.75, 3.05) is 33.4 Å². The van der Waals surface area contributed by atoms with Crippen molar-refractivity contribution < 1.29 is 38.1 Å². The van der Waals surface area contributed by atoms with Crippen LogP contribution in [0.15, 0.2) is 109 Å². The van der Waals surface area contributed by atoms with E-state index in [2.05, 4.69) is 10.6 Å². The van der Waals surface area contributed by atoms with Gasteiger partial charge in [-0.15, -0.1) is 0 Å². The lowest BCUT2D eigenvalue weighted by Crippen LogP contribution is -2.56. The average molecular weight is 736 g/mol. The highest BCUT2D eigenvalue weighted by Gasteiger charge is 2.46. The molecule has 1 heterocycles.